The van der Waals surface area contributed by atoms with Gasteiger partial charge < -0.3 is 15.4 Å². The van der Waals surface area contributed by atoms with E-state index in [1.165, 1.54) is 12.8 Å². The van der Waals surface area contributed by atoms with Crippen LogP contribution < -0.4 is 10.6 Å². The van der Waals surface area contributed by atoms with Gasteiger partial charge in [0.15, 0.2) is 9.84 Å². The highest BCUT2D eigenvalue weighted by Crippen LogP contribution is 2.28. The topological polar surface area (TPSA) is 84.5 Å². The summed E-state index contributed by atoms with van der Waals surface area (Å²) >= 11 is 0. The molecule has 2 rings (SSSR count). The molecule has 2 N–H and O–H groups in total. The molecule has 2 aliphatic rings. The first-order valence-electron chi connectivity index (χ1n) is 7.33. The van der Waals surface area contributed by atoms with Crippen LogP contribution in [0.4, 0.5) is 0 Å². The third-order valence-corrected chi connectivity index (χ3v) is 5.31. The first-order valence-corrected chi connectivity index (χ1v) is 9.15. The van der Waals surface area contributed by atoms with Crippen LogP contribution in [0.15, 0.2) is 0 Å². The van der Waals surface area contributed by atoms with E-state index in [4.69, 9.17) is 4.74 Å². The van der Waals surface area contributed by atoms with Crippen molar-refractivity contribution in [2.24, 2.45) is 5.92 Å². The number of carbonyl (C=O) groups is 1. The van der Waals surface area contributed by atoms with Crippen molar-refractivity contribution in [1.82, 2.24) is 10.6 Å². The highest BCUT2D eigenvalue weighted by molar-refractivity contribution is 7.91. The average molecular weight is 304 g/mol. The number of rotatable bonds is 8. The van der Waals surface area contributed by atoms with Gasteiger partial charge in [-0.2, -0.15) is 0 Å². The van der Waals surface area contributed by atoms with Gasteiger partial charge in [-0.1, -0.05) is 0 Å². The molecule has 0 bridgehead atoms. The molecule has 1 saturated heterocycles. The monoisotopic (exact) mass is 304 g/mol. The maximum atomic E-state index is 11.7. The summed E-state index contributed by atoms with van der Waals surface area (Å²) < 4.78 is 28.4. The Balaban J connectivity index is 1.51. The van der Waals surface area contributed by atoms with Crippen LogP contribution in [-0.2, 0) is 19.4 Å². The maximum absolute atomic E-state index is 11.7. The second kappa shape index (κ2) is 7.38. The molecule has 0 radical (unpaired) electrons. The zero-order valence-corrected chi connectivity index (χ0v) is 12.6. The standard InChI is InChI=1S/C13H24N2O4S/c16-13(8-12-10-20(17,18)7-5-14-12)15-4-1-6-19-9-11-2-3-11/h11-12,14H,1-10H2,(H,15,16). The Morgan fingerprint density at radius 1 is 1.35 bits per heavy atom. The molecule has 1 unspecified atom stereocenters. The van der Waals surface area contributed by atoms with Gasteiger partial charge in [0.2, 0.25) is 5.91 Å². The third-order valence-electron chi connectivity index (χ3n) is 3.57. The summed E-state index contributed by atoms with van der Waals surface area (Å²) in [6.07, 6.45) is 3.60. The molecule has 7 heteroatoms. The Bertz CT molecular complexity index is 420. The van der Waals surface area contributed by atoms with Gasteiger partial charge in [-0.3, -0.25) is 4.79 Å². The molecule has 1 atom stereocenters. The van der Waals surface area contributed by atoms with Gasteiger partial charge in [-0.15, -0.1) is 0 Å². The first-order chi connectivity index (χ1) is 9.55. The number of hydrogen-bond donors (Lipinski definition) is 2. The number of ether oxygens (including phenoxy) is 1. The fourth-order valence-corrected chi connectivity index (χ4v) is 3.68. The molecular weight excluding hydrogens is 280 g/mol. The van der Waals surface area contributed by atoms with Crippen LogP contribution in [0.3, 0.4) is 0 Å². The van der Waals surface area contributed by atoms with Crippen molar-refractivity contribution >= 4 is 15.7 Å². The Kier molecular flexibility index (Phi) is 5.80. The Hall–Kier alpha value is -0.660. The summed E-state index contributed by atoms with van der Waals surface area (Å²) in [7, 11) is -2.97. The third kappa shape index (κ3) is 6.19. The summed E-state index contributed by atoms with van der Waals surface area (Å²) in [5, 5.41) is 5.88. The smallest absolute Gasteiger partial charge is 0.221 e. The van der Waals surface area contributed by atoms with Gasteiger partial charge in [0, 0.05) is 38.8 Å². The van der Waals surface area contributed by atoms with E-state index in [0.29, 0.717) is 19.7 Å². The van der Waals surface area contributed by atoms with E-state index in [0.717, 1.165) is 18.9 Å². The second-order valence-electron chi connectivity index (χ2n) is 5.69. The van der Waals surface area contributed by atoms with Crippen LogP contribution in [0.5, 0.6) is 0 Å². The van der Waals surface area contributed by atoms with Crippen LogP contribution >= 0.6 is 0 Å². The molecule has 1 saturated carbocycles. The van der Waals surface area contributed by atoms with Crippen LogP contribution in [0.25, 0.3) is 0 Å². The lowest BCUT2D eigenvalue weighted by Gasteiger charge is -2.23. The predicted molar refractivity (Wildman–Crippen MR) is 76.2 cm³/mol. The Morgan fingerprint density at radius 2 is 2.15 bits per heavy atom. The van der Waals surface area contributed by atoms with Gasteiger partial charge in [-0.25, -0.2) is 8.42 Å². The number of nitrogens with one attached hydrogen (secondary N) is 2. The van der Waals surface area contributed by atoms with Crippen LogP contribution in [0, 0.1) is 5.92 Å². The molecule has 116 valence electrons. The largest absolute Gasteiger partial charge is 0.381 e. The van der Waals surface area contributed by atoms with E-state index in [1.807, 2.05) is 0 Å². The number of amides is 1. The van der Waals surface area contributed by atoms with Gasteiger partial charge >= 0.3 is 0 Å². The van der Waals surface area contributed by atoms with Gasteiger partial charge in [0.05, 0.1) is 11.5 Å². The lowest BCUT2D eigenvalue weighted by atomic mass is 10.2. The lowest BCUT2D eigenvalue weighted by molar-refractivity contribution is -0.121. The van der Waals surface area contributed by atoms with Crippen LogP contribution in [0.1, 0.15) is 25.7 Å². The minimum Gasteiger partial charge on any atom is -0.381 e. The summed E-state index contributed by atoms with van der Waals surface area (Å²) in [5.41, 5.74) is 0. The quantitative estimate of drug-likeness (QED) is 0.601. The second-order valence-corrected chi connectivity index (χ2v) is 7.92. The molecular formula is C13H24N2O4S. The molecule has 1 aliphatic carbocycles. The van der Waals surface area contributed by atoms with E-state index in [-0.39, 0.29) is 29.9 Å². The van der Waals surface area contributed by atoms with Gasteiger partial charge in [-0.05, 0) is 25.2 Å². The fourth-order valence-electron chi connectivity index (χ4n) is 2.23. The summed E-state index contributed by atoms with van der Waals surface area (Å²) in [6.45, 7) is 2.54. The van der Waals surface area contributed by atoms with E-state index < -0.39 is 9.84 Å². The van der Waals surface area contributed by atoms with Crippen LogP contribution in [0.2, 0.25) is 0 Å². The fraction of sp³-hybridized carbons (Fsp3) is 0.923. The molecule has 0 aromatic rings. The zero-order valence-electron chi connectivity index (χ0n) is 11.8. The first kappa shape index (κ1) is 15.7. The molecule has 0 spiro atoms. The molecule has 2 fully saturated rings. The van der Waals surface area contributed by atoms with Crippen molar-refractivity contribution in [2.45, 2.75) is 31.7 Å². The predicted octanol–water partition coefficient (Wildman–Crippen LogP) is -0.304. The normalized spacial score (nSPS) is 25.3. The Morgan fingerprint density at radius 3 is 2.85 bits per heavy atom. The molecule has 0 aromatic carbocycles. The molecule has 1 amide bonds. The summed E-state index contributed by atoms with van der Waals surface area (Å²) in [6, 6.07) is -0.250. The zero-order chi connectivity index (χ0) is 14.4. The van der Waals surface area contributed by atoms with E-state index >= 15 is 0 Å². The molecule has 1 heterocycles. The molecule has 1 aliphatic heterocycles. The number of sulfone groups is 1. The molecule has 6 nitrogen and oxygen atoms in total. The van der Waals surface area contributed by atoms with Crippen LogP contribution in [-0.4, -0.2) is 58.2 Å². The van der Waals surface area contributed by atoms with Crippen molar-refractivity contribution in [3.8, 4) is 0 Å². The van der Waals surface area contributed by atoms with Crippen molar-refractivity contribution < 1.29 is 17.9 Å². The van der Waals surface area contributed by atoms with Crippen molar-refractivity contribution in [3.63, 3.8) is 0 Å². The summed E-state index contributed by atoms with van der Waals surface area (Å²) in [5.74, 6) is 0.902. The van der Waals surface area contributed by atoms with Crippen molar-refractivity contribution in [2.75, 3.05) is 37.8 Å². The Labute approximate surface area is 120 Å². The SMILES string of the molecule is O=C(CC1CS(=O)(=O)CCN1)NCCCOCC1CC1. The molecule has 20 heavy (non-hydrogen) atoms. The average Bonchev–Trinajstić information content (AvgIpc) is 3.16. The van der Waals surface area contributed by atoms with E-state index in [1.54, 1.807) is 0 Å². The van der Waals surface area contributed by atoms with Crippen molar-refractivity contribution in [1.29, 1.82) is 0 Å². The van der Waals surface area contributed by atoms with E-state index in [2.05, 4.69) is 10.6 Å². The highest BCUT2D eigenvalue weighted by atomic mass is 32.2. The minimum atomic E-state index is -2.97. The number of carbonyl (C=O) groups excluding carboxylic acids is 1. The highest BCUT2D eigenvalue weighted by Gasteiger charge is 2.25. The van der Waals surface area contributed by atoms with Crippen molar-refractivity contribution in [3.05, 3.63) is 0 Å². The maximum Gasteiger partial charge on any atom is 0.221 e. The van der Waals surface area contributed by atoms with Gasteiger partial charge in [0.1, 0.15) is 0 Å². The number of hydrogen-bond acceptors (Lipinski definition) is 5. The van der Waals surface area contributed by atoms with Gasteiger partial charge in [0.25, 0.3) is 0 Å². The minimum absolute atomic E-state index is 0.0604. The lowest BCUT2D eigenvalue weighted by Crippen LogP contribution is -2.47. The van der Waals surface area contributed by atoms with E-state index in [9.17, 15) is 13.2 Å². The summed E-state index contributed by atoms with van der Waals surface area (Å²) in [4.78, 5) is 11.7. The molecule has 0 aromatic heterocycles.